The fourth-order valence-electron chi connectivity index (χ4n) is 3.76. The second-order valence-corrected chi connectivity index (χ2v) is 9.04. The topological polar surface area (TPSA) is 61.4 Å². The van der Waals surface area contributed by atoms with Gasteiger partial charge in [-0.3, -0.25) is 9.59 Å². The van der Waals surface area contributed by atoms with Crippen LogP contribution in [-0.2, 0) is 0 Å². The van der Waals surface area contributed by atoms with Crippen molar-refractivity contribution in [3.05, 3.63) is 75.6 Å². The maximum absolute atomic E-state index is 13.0. The van der Waals surface area contributed by atoms with E-state index >= 15 is 0 Å². The molecule has 0 atom stereocenters. The number of amides is 2. The molecule has 2 N–H and O–H groups in total. The van der Waals surface area contributed by atoms with Crippen LogP contribution in [0.5, 0.6) is 0 Å². The Kier molecular flexibility index (Phi) is 6.59. The quantitative estimate of drug-likeness (QED) is 0.483. The van der Waals surface area contributed by atoms with Crippen LogP contribution in [0.25, 0.3) is 0 Å². The molecule has 0 bridgehead atoms. The lowest BCUT2D eigenvalue weighted by Gasteiger charge is -2.30. The van der Waals surface area contributed by atoms with E-state index in [9.17, 15) is 9.59 Å². The van der Waals surface area contributed by atoms with E-state index in [4.69, 9.17) is 11.6 Å². The van der Waals surface area contributed by atoms with E-state index in [0.29, 0.717) is 20.5 Å². The lowest BCUT2D eigenvalue weighted by atomic mass is 10.1. The first kappa shape index (κ1) is 21.4. The molecule has 1 aliphatic heterocycles. The molecular formula is C24H24ClN3O2S. The van der Waals surface area contributed by atoms with Crippen LogP contribution in [0.2, 0.25) is 5.02 Å². The lowest BCUT2D eigenvalue weighted by molar-refractivity contribution is 0.102. The van der Waals surface area contributed by atoms with Gasteiger partial charge in [0.25, 0.3) is 11.8 Å². The zero-order valence-electron chi connectivity index (χ0n) is 17.3. The van der Waals surface area contributed by atoms with Crippen molar-refractivity contribution in [3.8, 4) is 0 Å². The summed E-state index contributed by atoms with van der Waals surface area (Å²) < 4.78 is 0. The zero-order chi connectivity index (χ0) is 21.8. The molecule has 1 saturated heterocycles. The lowest BCUT2D eigenvalue weighted by Crippen LogP contribution is -2.30. The Bertz CT molecular complexity index is 1110. The molecular weight excluding hydrogens is 430 g/mol. The Morgan fingerprint density at radius 1 is 0.935 bits per heavy atom. The maximum Gasteiger partial charge on any atom is 0.266 e. The minimum atomic E-state index is -0.297. The van der Waals surface area contributed by atoms with E-state index in [1.54, 1.807) is 24.3 Å². The molecule has 2 amide bonds. The predicted octanol–water partition coefficient (Wildman–Crippen LogP) is 6.20. The van der Waals surface area contributed by atoms with Crippen molar-refractivity contribution >= 4 is 51.1 Å². The van der Waals surface area contributed by atoms with Gasteiger partial charge in [0, 0.05) is 13.1 Å². The Hall–Kier alpha value is -2.83. The monoisotopic (exact) mass is 453 g/mol. The third kappa shape index (κ3) is 4.92. The molecule has 0 radical (unpaired) electrons. The van der Waals surface area contributed by atoms with Gasteiger partial charge in [0.05, 0.1) is 31.8 Å². The van der Waals surface area contributed by atoms with Crippen molar-refractivity contribution in [2.45, 2.75) is 26.2 Å². The average molecular weight is 454 g/mol. The Morgan fingerprint density at radius 3 is 2.42 bits per heavy atom. The second-order valence-electron chi connectivity index (χ2n) is 7.58. The number of nitrogens with zero attached hydrogens (tertiary/aromatic N) is 1. The second kappa shape index (κ2) is 9.54. The smallest absolute Gasteiger partial charge is 0.266 e. The van der Waals surface area contributed by atoms with Crippen LogP contribution in [0.4, 0.5) is 16.4 Å². The van der Waals surface area contributed by atoms with Gasteiger partial charge in [-0.25, -0.2) is 0 Å². The fourth-order valence-corrected chi connectivity index (χ4v) is 4.95. The molecule has 5 nitrogen and oxygen atoms in total. The summed E-state index contributed by atoms with van der Waals surface area (Å²) in [6, 6.07) is 16.6. The van der Waals surface area contributed by atoms with Gasteiger partial charge in [0.2, 0.25) is 0 Å². The standard InChI is InChI=1S/C24H24ClN3O2S/c1-16-15-21(27-23(29)17-9-3-4-10-18(17)25)31-22(16)24(30)26-19-11-5-6-12-20(19)28-13-7-2-8-14-28/h3-6,9-12,15H,2,7-8,13-14H2,1H3,(H,26,30)(H,27,29). The Balaban J connectivity index is 1.50. The number of piperidine rings is 1. The number of rotatable bonds is 5. The minimum absolute atomic E-state index is 0.176. The molecule has 31 heavy (non-hydrogen) atoms. The van der Waals surface area contributed by atoms with E-state index in [2.05, 4.69) is 21.6 Å². The summed E-state index contributed by atoms with van der Waals surface area (Å²) in [4.78, 5) is 28.5. The molecule has 3 aromatic rings. The number of hydrogen-bond donors (Lipinski definition) is 2. The highest BCUT2D eigenvalue weighted by atomic mass is 35.5. The Labute approximate surface area is 191 Å². The maximum atomic E-state index is 13.0. The number of para-hydroxylation sites is 2. The number of halogens is 1. The molecule has 0 unspecified atom stereocenters. The van der Waals surface area contributed by atoms with E-state index in [1.807, 2.05) is 31.2 Å². The molecule has 2 heterocycles. The van der Waals surface area contributed by atoms with Crippen molar-refractivity contribution < 1.29 is 9.59 Å². The summed E-state index contributed by atoms with van der Waals surface area (Å²) in [6.45, 7) is 3.87. The van der Waals surface area contributed by atoms with Crippen molar-refractivity contribution in [2.24, 2.45) is 0 Å². The van der Waals surface area contributed by atoms with Gasteiger partial charge in [-0.1, -0.05) is 35.9 Å². The highest BCUT2D eigenvalue weighted by Gasteiger charge is 2.19. The predicted molar refractivity (Wildman–Crippen MR) is 129 cm³/mol. The van der Waals surface area contributed by atoms with Crippen LogP contribution in [0, 0.1) is 6.92 Å². The van der Waals surface area contributed by atoms with Crippen LogP contribution in [0.15, 0.2) is 54.6 Å². The summed E-state index contributed by atoms with van der Waals surface area (Å²) >= 11 is 7.37. The molecule has 0 aliphatic carbocycles. The van der Waals surface area contributed by atoms with E-state index in [-0.39, 0.29) is 11.8 Å². The summed E-state index contributed by atoms with van der Waals surface area (Å²) in [6.07, 6.45) is 3.59. The molecule has 1 aromatic heterocycles. The van der Waals surface area contributed by atoms with Gasteiger partial charge < -0.3 is 15.5 Å². The number of nitrogens with one attached hydrogen (secondary N) is 2. The highest BCUT2D eigenvalue weighted by molar-refractivity contribution is 7.18. The van der Waals surface area contributed by atoms with Crippen LogP contribution >= 0.6 is 22.9 Å². The van der Waals surface area contributed by atoms with Gasteiger partial charge in [0.1, 0.15) is 0 Å². The molecule has 7 heteroatoms. The van der Waals surface area contributed by atoms with Gasteiger partial charge >= 0.3 is 0 Å². The molecule has 4 rings (SSSR count). The third-order valence-corrected chi connectivity index (χ3v) is 6.81. The summed E-state index contributed by atoms with van der Waals surface area (Å²) in [5.74, 6) is -0.473. The van der Waals surface area contributed by atoms with Gasteiger partial charge in [-0.15, -0.1) is 11.3 Å². The molecule has 0 spiro atoms. The van der Waals surface area contributed by atoms with Gasteiger partial charge in [-0.2, -0.15) is 0 Å². The van der Waals surface area contributed by atoms with E-state index in [1.165, 1.54) is 30.6 Å². The first-order valence-electron chi connectivity index (χ1n) is 10.3. The number of carbonyl (C=O) groups is 2. The molecule has 160 valence electrons. The first-order chi connectivity index (χ1) is 15.0. The van der Waals surface area contributed by atoms with Gasteiger partial charge in [0.15, 0.2) is 0 Å². The summed E-state index contributed by atoms with van der Waals surface area (Å²) in [5, 5.41) is 6.92. The van der Waals surface area contributed by atoms with Crippen LogP contribution in [0.1, 0.15) is 44.9 Å². The fraction of sp³-hybridized carbons (Fsp3) is 0.250. The summed E-state index contributed by atoms with van der Waals surface area (Å²) in [7, 11) is 0. The van der Waals surface area contributed by atoms with Crippen LogP contribution in [0.3, 0.4) is 0 Å². The average Bonchev–Trinajstić information content (AvgIpc) is 3.15. The molecule has 1 aliphatic rings. The van der Waals surface area contributed by atoms with E-state index in [0.717, 1.165) is 30.0 Å². The normalized spacial score (nSPS) is 13.7. The zero-order valence-corrected chi connectivity index (χ0v) is 18.9. The number of thiophene rings is 1. The summed E-state index contributed by atoms with van der Waals surface area (Å²) in [5.41, 5.74) is 3.07. The van der Waals surface area contributed by atoms with Gasteiger partial charge in [-0.05, 0) is 62.1 Å². The highest BCUT2D eigenvalue weighted by Crippen LogP contribution is 2.32. The largest absolute Gasteiger partial charge is 0.370 e. The number of carbonyl (C=O) groups excluding carboxylic acids is 2. The van der Waals surface area contributed by atoms with Crippen LogP contribution in [-0.4, -0.2) is 24.9 Å². The Morgan fingerprint density at radius 2 is 1.65 bits per heavy atom. The molecule has 1 fully saturated rings. The number of anilines is 3. The SMILES string of the molecule is Cc1cc(NC(=O)c2ccccc2Cl)sc1C(=O)Nc1ccccc1N1CCCCC1. The molecule has 2 aromatic carbocycles. The molecule has 0 saturated carbocycles. The first-order valence-corrected chi connectivity index (χ1v) is 11.5. The number of aryl methyl sites for hydroxylation is 1. The van der Waals surface area contributed by atoms with Crippen molar-refractivity contribution in [3.63, 3.8) is 0 Å². The number of hydrogen-bond acceptors (Lipinski definition) is 4. The number of benzene rings is 2. The third-order valence-electron chi connectivity index (χ3n) is 5.33. The van der Waals surface area contributed by atoms with E-state index < -0.39 is 0 Å². The minimum Gasteiger partial charge on any atom is -0.370 e. The van der Waals surface area contributed by atoms with Crippen molar-refractivity contribution in [1.82, 2.24) is 0 Å². The van der Waals surface area contributed by atoms with Crippen LogP contribution < -0.4 is 15.5 Å². The van der Waals surface area contributed by atoms with Crippen molar-refractivity contribution in [1.29, 1.82) is 0 Å². The van der Waals surface area contributed by atoms with Crippen molar-refractivity contribution in [2.75, 3.05) is 28.6 Å².